The van der Waals surface area contributed by atoms with Crippen molar-refractivity contribution in [2.24, 2.45) is 4.99 Å². The fraction of sp³-hybridized carbons (Fsp3) is 0.700. The van der Waals surface area contributed by atoms with Crippen LogP contribution in [0.15, 0.2) is 29.5 Å². The number of morpholine rings is 1. The van der Waals surface area contributed by atoms with Gasteiger partial charge in [-0.15, -0.1) is 24.0 Å². The highest BCUT2D eigenvalue weighted by Gasteiger charge is 2.38. The lowest BCUT2D eigenvalue weighted by Gasteiger charge is -2.48. The van der Waals surface area contributed by atoms with Gasteiger partial charge in [-0.2, -0.15) is 0 Å². The summed E-state index contributed by atoms with van der Waals surface area (Å²) in [5.74, 6) is 1.62. The molecule has 0 amide bonds. The van der Waals surface area contributed by atoms with Gasteiger partial charge in [0.2, 0.25) is 0 Å². The van der Waals surface area contributed by atoms with Crippen LogP contribution in [0.25, 0.3) is 0 Å². The molecule has 1 saturated carbocycles. The molecule has 3 rings (SSSR count). The molecule has 7 nitrogen and oxygen atoms in total. The average Bonchev–Trinajstić information content (AvgIpc) is 2.75. The third-order valence-electron chi connectivity index (χ3n) is 5.57. The van der Waals surface area contributed by atoms with Crippen molar-refractivity contribution in [2.45, 2.75) is 37.6 Å². The molecular weight excluding hydrogens is 469 g/mol. The van der Waals surface area contributed by atoms with Gasteiger partial charge in [0.05, 0.1) is 26.0 Å². The molecule has 0 unspecified atom stereocenters. The number of ether oxygens (including phenoxy) is 2. The smallest absolute Gasteiger partial charge is 0.191 e. The zero-order valence-corrected chi connectivity index (χ0v) is 19.2. The quantitative estimate of drug-likeness (QED) is 0.258. The third-order valence-corrected chi connectivity index (χ3v) is 5.57. The number of hydrogen-bond acceptors (Lipinski definition) is 5. The minimum absolute atomic E-state index is 0. The first kappa shape index (κ1) is 23.2. The third kappa shape index (κ3) is 6.73. The summed E-state index contributed by atoms with van der Waals surface area (Å²) in [7, 11) is 1.82. The summed E-state index contributed by atoms with van der Waals surface area (Å²) in [4.78, 5) is 11.1. The number of halogens is 1. The first-order valence-corrected chi connectivity index (χ1v) is 10.1. The van der Waals surface area contributed by atoms with Crippen LogP contribution < -0.4 is 15.4 Å². The second-order valence-corrected chi connectivity index (χ2v) is 7.27. The Balaban J connectivity index is 0.00000280. The highest BCUT2D eigenvalue weighted by molar-refractivity contribution is 14.0. The van der Waals surface area contributed by atoms with E-state index in [0.29, 0.717) is 13.2 Å². The van der Waals surface area contributed by atoms with Gasteiger partial charge in [0.1, 0.15) is 12.4 Å². The number of pyridine rings is 1. The lowest BCUT2D eigenvalue weighted by atomic mass is 9.80. The molecule has 0 bridgehead atoms. The van der Waals surface area contributed by atoms with Crippen LogP contribution in [0.2, 0.25) is 0 Å². The SMILES string of the molecule is CN=C(NCCOc1cccnc1)NCC1(N2CCOCC2)CCCCC1.I. The van der Waals surface area contributed by atoms with Gasteiger partial charge < -0.3 is 20.1 Å². The van der Waals surface area contributed by atoms with Crippen molar-refractivity contribution in [3.05, 3.63) is 24.5 Å². The summed E-state index contributed by atoms with van der Waals surface area (Å²) in [6, 6.07) is 3.79. The van der Waals surface area contributed by atoms with E-state index >= 15 is 0 Å². The molecule has 0 spiro atoms. The minimum Gasteiger partial charge on any atom is -0.490 e. The summed E-state index contributed by atoms with van der Waals surface area (Å²) in [5.41, 5.74) is 0.228. The van der Waals surface area contributed by atoms with Crippen LogP contribution in [0.3, 0.4) is 0 Å². The largest absolute Gasteiger partial charge is 0.490 e. The van der Waals surface area contributed by atoms with E-state index in [1.165, 1.54) is 32.1 Å². The Hall–Kier alpha value is -1.13. The highest BCUT2D eigenvalue weighted by atomic mass is 127. The van der Waals surface area contributed by atoms with Crippen LogP contribution in [0.1, 0.15) is 32.1 Å². The molecule has 1 aromatic rings. The predicted octanol–water partition coefficient (Wildman–Crippen LogP) is 2.28. The summed E-state index contributed by atoms with van der Waals surface area (Å²) < 4.78 is 11.2. The molecule has 0 atom stereocenters. The second-order valence-electron chi connectivity index (χ2n) is 7.27. The highest BCUT2D eigenvalue weighted by Crippen LogP contribution is 2.33. The molecule has 2 heterocycles. The molecule has 1 saturated heterocycles. The van der Waals surface area contributed by atoms with E-state index < -0.39 is 0 Å². The van der Waals surface area contributed by atoms with E-state index in [2.05, 4.69) is 25.5 Å². The molecule has 0 radical (unpaired) electrons. The molecular formula is C20H34IN5O2. The van der Waals surface area contributed by atoms with E-state index in [-0.39, 0.29) is 29.5 Å². The Labute approximate surface area is 185 Å². The maximum atomic E-state index is 5.68. The second kappa shape index (κ2) is 12.4. The van der Waals surface area contributed by atoms with Crippen molar-refractivity contribution < 1.29 is 9.47 Å². The molecule has 2 aliphatic rings. The molecule has 2 fully saturated rings. The van der Waals surface area contributed by atoms with Crippen molar-refractivity contribution in [2.75, 3.05) is 53.0 Å². The van der Waals surface area contributed by atoms with Gasteiger partial charge in [-0.1, -0.05) is 19.3 Å². The van der Waals surface area contributed by atoms with Crippen molar-refractivity contribution >= 4 is 29.9 Å². The number of guanidine groups is 1. The molecule has 1 aromatic heterocycles. The fourth-order valence-electron chi connectivity index (χ4n) is 4.09. The Bertz CT molecular complexity index is 575. The van der Waals surface area contributed by atoms with Crippen molar-refractivity contribution in [1.29, 1.82) is 0 Å². The average molecular weight is 503 g/mol. The summed E-state index contributed by atoms with van der Waals surface area (Å²) in [5, 5.41) is 6.91. The number of nitrogens with zero attached hydrogens (tertiary/aromatic N) is 3. The normalized spacial score (nSPS) is 20.1. The van der Waals surface area contributed by atoms with Crippen molar-refractivity contribution in [1.82, 2.24) is 20.5 Å². The molecule has 1 aliphatic carbocycles. The molecule has 1 aliphatic heterocycles. The summed E-state index contributed by atoms with van der Waals surface area (Å²) >= 11 is 0. The van der Waals surface area contributed by atoms with E-state index in [9.17, 15) is 0 Å². The van der Waals surface area contributed by atoms with Gasteiger partial charge in [0.25, 0.3) is 0 Å². The Morgan fingerprint density at radius 1 is 1.25 bits per heavy atom. The maximum absolute atomic E-state index is 5.68. The van der Waals surface area contributed by atoms with Crippen molar-refractivity contribution in [3.8, 4) is 5.75 Å². The summed E-state index contributed by atoms with van der Waals surface area (Å²) in [6.45, 7) is 5.95. The Morgan fingerprint density at radius 2 is 2.04 bits per heavy atom. The fourth-order valence-corrected chi connectivity index (χ4v) is 4.09. The lowest BCUT2D eigenvalue weighted by Crippen LogP contribution is -2.60. The topological polar surface area (TPSA) is 71.0 Å². The molecule has 8 heteroatoms. The molecule has 28 heavy (non-hydrogen) atoms. The van der Waals surface area contributed by atoms with Crippen LogP contribution in [0.4, 0.5) is 0 Å². The Morgan fingerprint density at radius 3 is 2.71 bits per heavy atom. The molecule has 158 valence electrons. The maximum Gasteiger partial charge on any atom is 0.191 e. The zero-order valence-electron chi connectivity index (χ0n) is 16.9. The van der Waals surface area contributed by atoms with Gasteiger partial charge in [0, 0.05) is 38.4 Å². The standard InChI is InChI=1S/C20H33N5O2.HI/c1-21-19(23-10-13-27-18-6-5-9-22-16-18)24-17-20(7-3-2-4-8-20)25-11-14-26-15-12-25;/h5-6,9,16H,2-4,7-8,10-15,17H2,1H3,(H2,21,23,24);1H. The number of hydrogen-bond donors (Lipinski definition) is 2. The van der Waals surface area contributed by atoms with E-state index in [1.54, 1.807) is 12.4 Å². The van der Waals surface area contributed by atoms with Crippen LogP contribution in [-0.2, 0) is 4.74 Å². The molecule has 0 aromatic carbocycles. The zero-order chi connectivity index (χ0) is 18.8. The van der Waals surface area contributed by atoms with E-state index in [0.717, 1.165) is 44.6 Å². The lowest BCUT2D eigenvalue weighted by molar-refractivity contribution is -0.0352. The number of aromatic nitrogens is 1. The van der Waals surface area contributed by atoms with Gasteiger partial charge in [-0.3, -0.25) is 14.9 Å². The monoisotopic (exact) mass is 503 g/mol. The van der Waals surface area contributed by atoms with Crippen LogP contribution in [-0.4, -0.2) is 74.4 Å². The van der Waals surface area contributed by atoms with Crippen molar-refractivity contribution in [3.63, 3.8) is 0 Å². The first-order valence-electron chi connectivity index (χ1n) is 10.1. The Kier molecular flexibility index (Phi) is 10.3. The van der Waals surface area contributed by atoms with E-state index in [4.69, 9.17) is 9.47 Å². The number of aliphatic imine (C=N–C) groups is 1. The number of rotatable bonds is 7. The number of nitrogens with one attached hydrogen (secondary N) is 2. The first-order chi connectivity index (χ1) is 13.3. The summed E-state index contributed by atoms with van der Waals surface area (Å²) in [6.07, 6.45) is 9.94. The van der Waals surface area contributed by atoms with Gasteiger partial charge in [-0.25, -0.2) is 0 Å². The van der Waals surface area contributed by atoms with Crippen LogP contribution in [0, 0.1) is 0 Å². The molecule has 2 N–H and O–H groups in total. The predicted molar refractivity (Wildman–Crippen MR) is 123 cm³/mol. The van der Waals surface area contributed by atoms with Crippen LogP contribution in [0.5, 0.6) is 5.75 Å². The van der Waals surface area contributed by atoms with Gasteiger partial charge in [0.15, 0.2) is 5.96 Å². The van der Waals surface area contributed by atoms with Crippen LogP contribution >= 0.6 is 24.0 Å². The van der Waals surface area contributed by atoms with Gasteiger partial charge >= 0.3 is 0 Å². The van der Waals surface area contributed by atoms with Gasteiger partial charge in [-0.05, 0) is 25.0 Å². The van der Waals surface area contributed by atoms with E-state index in [1.807, 2.05) is 19.2 Å². The minimum atomic E-state index is 0.